The van der Waals surface area contributed by atoms with E-state index in [0.717, 1.165) is 12.1 Å². The number of ether oxygens (including phenoxy) is 2. The maximum atomic E-state index is 13.5. The van der Waals surface area contributed by atoms with Crippen LogP contribution in [0.2, 0.25) is 10.0 Å². The molecule has 0 aliphatic heterocycles. The summed E-state index contributed by atoms with van der Waals surface area (Å²) in [5.74, 6) is -1.56. The summed E-state index contributed by atoms with van der Waals surface area (Å²) in [5.41, 5.74) is 0.225. The summed E-state index contributed by atoms with van der Waals surface area (Å²) in [6, 6.07) is 6.34. The van der Waals surface area contributed by atoms with Gasteiger partial charge in [-0.15, -0.1) is 0 Å². The maximum Gasteiger partial charge on any atom is 0.345 e. The molecule has 2 aromatic rings. The van der Waals surface area contributed by atoms with Crippen molar-refractivity contribution in [3.8, 4) is 11.5 Å². The van der Waals surface area contributed by atoms with E-state index < -0.39 is 11.8 Å². The van der Waals surface area contributed by atoms with Gasteiger partial charge in [0.2, 0.25) is 0 Å². The molecular weight excluding hydrogens is 346 g/mol. The molecule has 0 bridgehead atoms. The van der Waals surface area contributed by atoms with Crippen LogP contribution in [0.25, 0.3) is 0 Å². The quantitative estimate of drug-likeness (QED) is 0.348. The molecular formula is C16H11Cl2FO4. The molecule has 4 nitrogen and oxygen atoms in total. The summed E-state index contributed by atoms with van der Waals surface area (Å²) >= 11 is 11.5. The first-order chi connectivity index (χ1) is 10.8. The number of benzene rings is 2. The lowest BCUT2D eigenvalue weighted by molar-refractivity contribution is 0.0729. The predicted octanol–water partition coefficient (Wildman–Crippen LogP) is 4.56. The number of halogens is 3. The Kier molecular flexibility index (Phi) is 5.23. The van der Waals surface area contributed by atoms with Gasteiger partial charge < -0.3 is 9.47 Å². The smallest absolute Gasteiger partial charge is 0.345 e. The average molecular weight is 357 g/mol. The Bertz CT molecular complexity index is 790. The first-order valence-electron chi connectivity index (χ1n) is 6.39. The van der Waals surface area contributed by atoms with Gasteiger partial charge in [-0.25, -0.2) is 9.18 Å². The van der Waals surface area contributed by atoms with Crippen molar-refractivity contribution in [2.45, 2.75) is 6.92 Å². The summed E-state index contributed by atoms with van der Waals surface area (Å²) in [6.45, 7) is 1.40. The fourth-order valence-corrected chi connectivity index (χ4v) is 2.27. The number of esters is 1. The number of hydrogen-bond donors (Lipinski definition) is 0. The first kappa shape index (κ1) is 17.2. The molecule has 7 heteroatoms. The van der Waals surface area contributed by atoms with Crippen molar-refractivity contribution in [1.29, 1.82) is 0 Å². The van der Waals surface area contributed by atoms with Crippen molar-refractivity contribution < 1.29 is 23.5 Å². The van der Waals surface area contributed by atoms with E-state index in [9.17, 15) is 14.0 Å². The van der Waals surface area contributed by atoms with Crippen LogP contribution in [0.4, 0.5) is 4.39 Å². The van der Waals surface area contributed by atoms with Crippen LogP contribution in [-0.2, 0) is 0 Å². The van der Waals surface area contributed by atoms with Crippen LogP contribution in [0.5, 0.6) is 11.5 Å². The van der Waals surface area contributed by atoms with E-state index in [1.807, 2.05) is 0 Å². The maximum absolute atomic E-state index is 13.5. The van der Waals surface area contributed by atoms with E-state index in [0.29, 0.717) is 5.56 Å². The molecule has 0 aromatic heterocycles. The normalized spacial score (nSPS) is 10.3. The minimum Gasteiger partial charge on any atom is -0.493 e. The summed E-state index contributed by atoms with van der Waals surface area (Å²) in [7, 11) is 1.37. The third-order valence-electron chi connectivity index (χ3n) is 3.00. The standard InChI is InChI=1S/C16H11Cl2FO4/c1-8(20)9-3-4-14(15(5-9)22-2)23-16(21)10-6-13(19)12(18)7-11(10)17/h3-7H,1-2H3. The van der Waals surface area contributed by atoms with E-state index in [2.05, 4.69) is 0 Å². The molecule has 0 saturated heterocycles. The molecule has 0 fully saturated rings. The fourth-order valence-electron chi connectivity index (χ4n) is 1.80. The number of ketones is 1. The molecule has 0 N–H and O–H groups in total. The molecule has 0 aliphatic carbocycles. The van der Waals surface area contributed by atoms with Crippen LogP contribution in [0.1, 0.15) is 27.6 Å². The van der Waals surface area contributed by atoms with Crippen LogP contribution in [0.15, 0.2) is 30.3 Å². The van der Waals surface area contributed by atoms with Gasteiger partial charge in [-0.1, -0.05) is 23.2 Å². The second-order valence-corrected chi connectivity index (χ2v) is 5.37. The highest BCUT2D eigenvalue weighted by atomic mass is 35.5. The molecule has 0 amide bonds. The highest BCUT2D eigenvalue weighted by molar-refractivity contribution is 6.36. The Labute approximate surface area is 141 Å². The Morgan fingerprint density at radius 1 is 1.04 bits per heavy atom. The number of Topliss-reactive ketones (excluding diaryl/α,β-unsaturated/α-hetero) is 1. The minimum atomic E-state index is -0.876. The van der Waals surface area contributed by atoms with Gasteiger partial charge in [0, 0.05) is 5.56 Å². The average Bonchev–Trinajstić information content (AvgIpc) is 2.50. The first-order valence-corrected chi connectivity index (χ1v) is 7.14. The number of hydrogen-bond acceptors (Lipinski definition) is 4. The minimum absolute atomic E-state index is 0.0410. The molecule has 0 atom stereocenters. The Morgan fingerprint density at radius 2 is 1.74 bits per heavy atom. The summed E-state index contributed by atoms with van der Waals surface area (Å²) in [6.07, 6.45) is 0. The van der Waals surface area contributed by atoms with Crippen LogP contribution in [-0.4, -0.2) is 18.9 Å². The third-order valence-corrected chi connectivity index (χ3v) is 3.61. The zero-order valence-corrected chi connectivity index (χ0v) is 13.7. The lowest BCUT2D eigenvalue weighted by atomic mass is 10.1. The van der Waals surface area contributed by atoms with Crippen molar-refractivity contribution in [2.75, 3.05) is 7.11 Å². The van der Waals surface area contributed by atoms with E-state index >= 15 is 0 Å². The lowest BCUT2D eigenvalue weighted by Gasteiger charge is -2.11. The molecule has 120 valence electrons. The van der Waals surface area contributed by atoms with Crippen LogP contribution in [0.3, 0.4) is 0 Å². The van der Waals surface area contributed by atoms with Gasteiger partial charge in [0.05, 0.1) is 22.7 Å². The zero-order valence-electron chi connectivity index (χ0n) is 12.2. The van der Waals surface area contributed by atoms with Gasteiger partial charge in [-0.2, -0.15) is 0 Å². The van der Waals surface area contributed by atoms with E-state index in [-0.39, 0.29) is 32.9 Å². The third kappa shape index (κ3) is 3.81. The SMILES string of the molecule is COc1cc(C(C)=O)ccc1OC(=O)c1cc(F)c(Cl)cc1Cl. The predicted molar refractivity (Wildman–Crippen MR) is 84.4 cm³/mol. The van der Waals surface area contributed by atoms with Gasteiger partial charge in [-0.05, 0) is 37.3 Å². The van der Waals surface area contributed by atoms with Crippen molar-refractivity contribution in [3.63, 3.8) is 0 Å². The monoisotopic (exact) mass is 356 g/mol. The highest BCUT2D eigenvalue weighted by Crippen LogP contribution is 2.31. The number of carbonyl (C=O) groups is 2. The van der Waals surface area contributed by atoms with Crippen LogP contribution in [0, 0.1) is 5.82 Å². The fraction of sp³-hybridized carbons (Fsp3) is 0.125. The summed E-state index contributed by atoms with van der Waals surface area (Å²) < 4.78 is 23.7. The number of rotatable bonds is 4. The van der Waals surface area contributed by atoms with Gasteiger partial charge in [0.15, 0.2) is 17.3 Å². The molecule has 0 spiro atoms. The Balaban J connectivity index is 2.34. The van der Waals surface area contributed by atoms with Crippen molar-refractivity contribution in [1.82, 2.24) is 0 Å². The molecule has 2 aromatic carbocycles. The van der Waals surface area contributed by atoms with Crippen LogP contribution >= 0.6 is 23.2 Å². The number of carbonyl (C=O) groups excluding carboxylic acids is 2. The molecule has 0 heterocycles. The Hall–Kier alpha value is -2.11. The lowest BCUT2D eigenvalue weighted by Crippen LogP contribution is -2.11. The summed E-state index contributed by atoms with van der Waals surface area (Å²) in [4.78, 5) is 23.5. The number of methoxy groups -OCH3 is 1. The van der Waals surface area contributed by atoms with Gasteiger partial charge >= 0.3 is 5.97 Å². The van der Waals surface area contributed by atoms with E-state index in [4.69, 9.17) is 32.7 Å². The molecule has 0 saturated carbocycles. The zero-order chi connectivity index (χ0) is 17.1. The largest absolute Gasteiger partial charge is 0.493 e. The van der Waals surface area contributed by atoms with Gasteiger partial charge in [-0.3, -0.25) is 4.79 Å². The van der Waals surface area contributed by atoms with Crippen molar-refractivity contribution in [3.05, 3.63) is 57.3 Å². The van der Waals surface area contributed by atoms with Crippen LogP contribution < -0.4 is 9.47 Å². The molecule has 23 heavy (non-hydrogen) atoms. The van der Waals surface area contributed by atoms with Gasteiger partial charge in [0.25, 0.3) is 0 Å². The highest BCUT2D eigenvalue weighted by Gasteiger charge is 2.18. The Morgan fingerprint density at radius 3 is 2.35 bits per heavy atom. The molecule has 0 aliphatic rings. The topological polar surface area (TPSA) is 52.6 Å². The molecule has 0 unspecified atom stereocenters. The molecule has 2 rings (SSSR count). The second-order valence-electron chi connectivity index (χ2n) is 4.56. The summed E-state index contributed by atoms with van der Waals surface area (Å²) in [5, 5.41) is -0.240. The van der Waals surface area contributed by atoms with Crippen molar-refractivity contribution >= 4 is 35.0 Å². The molecule has 0 radical (unpaired) electrons. The van der Waals surface area contributed by atoms with Crippen molar-refractivity contribution in [2.24, 2.45) is 0 Å². The van der Waals surface area contributed by atoms with E-state index in [1.165, 1.54) is 32.2 Å². The van der Waals surface area contributed by atoms with E-state index in [1.54, 1.807) is 0 Å². The second kappa shape index (κ2) is 6.98. The van der Waals surface area contributed by atoms with Gasteiger partial charge in [0.1, 0.15) is 5.82 Å².